The molecule has 1 aliphatic rings. The number of nitrogens with zero attached hydrogens (tertiary/aromatic N) is 4. The van der Waals surface area contributed by atoms with Crippen molar-refractivity contribution < 1.29 is 33.8 Å². The summed E-state index contributed by atoms with van der Waals surface area (Å²) in [5, 5.41) is 31.9. The summed E-state index contributed by atoms with van der Waals surface area (Å²) in [7, 11) is 1.40. The van der Waals surface area contributed by atoms with Crippen LogP contribution in [-0.2, 0) is 37.4 Å². The minimum absolute atomic E-state index is 0.0197. The molecule has 0 fully saturated rings. The lowest BCUT2D eigenvalue weighted by molar-refractivity contribution is -0.141. The van der Waals surface area contributed by atoms with Gasteiger partial charge in [0, 0.05) is 36.7 Å². The van der Waals surface area contributed by atoms with Gasteiger partial charge in [0.2, 0.25) is 23.6 Å². The predicted molar refractivity (Wildman–Crippen MR) is 253 cm³/mol. The van der Waals surface area contributed by atoms with Crippen LogP contribution in [0.25, 0.3) is 22.5 Å². The number of amides is 5. The van der Waals surface area contributed by atoms with Gasteiger partial charge in [0.1, 0.15) is 48.8 Å². The van der Waals surface area contributed by atoms with E-state index in [2.05, 4.69) is 52.0 Å². The van der Waals surface area contributed by atoms with Crippen LogP contribution < -0.4 is 43.2 Å². The first kappa shape index (κ1) is 51.1. The molecule has 4 unspecified atom stereocenters. The van der Waals surface area contributed by atoms with E-state index in [0.717, 1.165) is 16.0 Å². The Bertz CT molecular complexity index is 2490. The number of carbonyl (C=O) groups is 5. The number of aryl methyl sites for hydroxylation is 3. The molecular weight excluding hydrogens is 855 g/mol. The van der Waals surface area contributed by atoms with Gasteiger partial charge in [0.25, 0.3) is 5.91 Å². The first-order chi connectivity index (χ1) is 31.8. The third-order valence-corrected chi connectivity index (χ3v) is 11.6. The van der Waals surface area contributed by atoms with Crippen LogP contribution in [0.3, 0.4) is 0 Å². The summed E-state index contributed by atoms with van der Waals surface area (Å²) in [6, 6.07) is 12.8. The average molecular weight is 918 g/mol. The fourth-order valence-corrected chi connectivity index (χ4v) is 8.00. The highest BCUT2D eigenvalue weighted by atomic mass is 16.5. The zero-order valence-electron chi connectivity index (χ0n) is 39.3. The van der Waals surface area contributed by atoms with Gasteiger partial charge in [0.05, 0.1) is 23.0 Å². The van der Waals surface area contributed by atoms with E-state index in [1.165, 1.54) is 14.0 Å². The van der Waals surface area contributed by atoms with Crippen molar-refractivity contribution in [2.75, 3.05) is 39.8 Å². The van der Waals surface area contributed by atoms with E-state index in [9.17, 15) is 34.3 Å². The lowest BCUT2D eigenvalue weighted by Crippen LogP contribution is -2.56. The van der Waals surface area contributed by atoms with Gasteiger partial charge in [-0.1, -0.05) is 51.1 Å². The van der Waals surface area contributed by atoms with Crippen LogP contribution in [0.4, 0.5) is 0 Å². The Balaban J connectivity index is 1.60. The Morgan fingerprint density at radius 2 is 1.64 bits per heavy atom. The van der Waals surface area contributed by atoms with Gasteiger partial charge in [0.15, 0.2) is 5.82 Å². The fourth-order valence-electron chi connectivity index (χ4n) is 8.00. The van der Waals surface area contributed by atoms with Crippen LogP contribution in [0.5, 0.6) is 11.5 Å². The Kier molecular flexibility index (Phi) is 17.1. The zero-order valence-corrected chi connectivity index (χ0v) is 39.3. The molecule has 0 saturated carbocycles. The normalized spacial score (nSPS) is 16.6. The molecule has 18 heteroatoms. The van der Waals surface area contributed by atoms with Crippen LogP contribution in [0.15, 0.2) is 54.6 Å². The Labute approximate surface area is 391 Å². The largest absolute Gasteiger partial charge is 0.507 e. The Morgan fingerprint density at radius 1 is 0.955 bits per heavy atom. The van der Waals surface area contributed by atoms with Crippen molar-refractivity contribution >= 4 is 29.5 Å². The monoisotopic (exact) mass is 917 g/mol. The van der Waals surface area contributed by atoms with Crippen LogP contribution in [0.2, 0.25) is 0 Å². The van der Waals surface area contributed by atoms with Gasteiger partial charge < -0.3 is 53.2 Å². The van der Waals surface area contributed by atoms with E-state index in [4.69, 9.17) is 21.9 Å². The van der Waals surface area contributed by atoms with Crippen molar-refractivity contribution in [2.45, 2.75) is 96.8 Å². The van der Waals surface area contributed by atoms with Crippen molar-refractivity contribution in [3.8, 4) is 40.1 Å². The minimum Gasteiger partial charge on any atom is -0.507 e. The number of aromatic hydroxyl groups is 1. The second-order valence-electron chi connectivity index (χ2n) is 17.7. The molecule has 3 aromatic carbocycles. The lowest BCUT2D eigenvalue weighted by Gasteiger charge is -2.33. The summed E-state index contributed by atoms with van der Waals surface area (Å²) in [6.07, 6.45) is 0.670. The molecule has 67 heavy (non-hydrogen) atoms. The number of likely N-dealkylation sites (N-methyl/N-ethyl adjacent to an activating group) is 1. The highest BCUT2D eigenvalue weighted by molar-refractivity contribution is 6.00. The number of nitrogens with two attached hydrogens (primary N) is 3. The number of phenols is 1. The van der Waals surface area contributed by atoms with Gasteiger partial charge in [-0.3, -0.25) is 24.0 Å². The minimum atomic E-state index is -1.47. The maximum atomic E-state index is 14.8. The SMILES string of the molecule is Cc1nc(-c2ccc(C(C)(C)C)cc2)nc(C)c1C(=O)NC(CCN)C(=O)N(C)C1C(=O)NC(C)C(=O)NC(C(=O)NCC#N)Cc2ccc(OCCN)c(c2)-c2cc1cc(CCCN)c2O. The van der Waals surface area contributed by atoms with Crippen LogP contribution in [0, 0.1) is 25.2 Å². The van der Waals surface area contributed by atoms with Gasteiger partial charge in [-0.15, -0.1) is 0 Å². The molecule has 1 aromatic heterocycles. The van der Waals surface area contributed by atoms with Crippen LogP contribution >= 0.6 is 0 Å². The summed E-state index contributed by atoms with van der Waals surface area (Å²) < 4.78 is 6.05. The fraction of sp³-hybridized carbons (Fsp3) is 0.429. The van der Waals surface area contributed by atoms with Crippen LogP contribution in [0.1, 0.15) is 90.6 Å². The molecular formula is C49H63N11O7. The molecule has 0 radical (unpaired) electrons. The standard InChI is InChI=1S/C49H63N11O7/c1-27-40(28(2)56-43(55-27)31-11-13-34(14-12-31)49(4,5)6)46(64)58-37(16-18-51)48(66)60(7)41-33-25-32(9-8-17-50)42(61)36(26-33)35-23-30(10-15-39(35)67-22-20-53)24-38(45(63)54-21-19-52)59-44(62)29(3)57-47(41)65/h10-15,23,25-26,29,37-38,41,61H,8-9,16-18,20-22,24,50-51,53H2,1-7H3,(H,54,63)(H,57,65)(H,58,64)(H,59,62). The van der Waals surface area contributed by atoms with E-state index in [1.807, 2.05) is 30.3 Å². The van der Waals surface area contributed by atoms with E-state index >= 15 is 0 Å². The number of hydrogen-bond acceptors (Lipinski definition) is 13. The third-order valence-electron chi connectivity index (χ3n) is 11.6. The lowest BCUT2D eigenvalue weighted by atomic mass is 9.86. The van der Waals surface area contributed by atoms with E-state index in [1.54, 1.807) is 44.2 Å². The smallest absolute Gasteiger partial charge is 0.255 e. The summed E-state index contributed by atoms with van der Waals surface area (Å²) in [5.41, 5.74) is 22.4. The Morgan fingerprint density at radius 3 is 2.25 bits per heavy atom. The second-order valence-corrected chi connectivity index (χ2v) is 17.7. The Hall–Kier alpha value is -6.94. The molecule has 0 aliphatic carbocycles. The molecule has 1 aliphatic heterocycles. The number of rotatable bonds is 15. The number of phenolic OH excluding ortho intramolecular Hbond substituents is 1. The van der Waals surface area contributed by atoms with Gasteiger partial charge in [-0.05, 0) is 105 Å². The van der Waals surface area contributed by atoms with Gasteiger partial charge in [-0.25, -0.2) is 9.97 Å². The van der Waals surface area contributed by atoms with Gasteiger partial charge in [-0.2, -0.15) is 5.26 Å². The molecule has 2 heterocycles. The number of ether oxygens (including phenoxy) is 1. The molecule has 0 spiro atoms. The molecule has 11 N–H and O–H groups in total. The second kappa shape index (κ2) is 22.5. The highest BCUT2D eigenvalue weighted by Crippen LogP contribution is 2.42. The van der Waals surface area contributed by atoms with Crippen molar-refractivity contribution in [3.63, 3.8) is 0 Å². The van der Waals surface area contributed by atoms with E-state index in [0.29, 0.717) is 46.1 Å². The quantitative estimate of drug-likeness (QED) is 0.0797. The first-order valence-electron chi connectivity index (χ1n) is 22.3. The average Bonchev–Trinajstić information content (AvgIpc) is 3.28. The van der Waals surface area contributed by atoms with E-state index < -0.39 is 53.7 Å². The van der Waals surface area contributed by atoms with Gasteiger partial charge >= 0.3 is 0 Å². The third kappa shape index (κ3) is 12.3. The summed E-state index contributed by atoms with van der Waals surface area (Å²) >= 11 is 0. The molecule has 4 atom stereocenters. The number of fused-ring (bicyclic) bond motifs is 5. The summed E-state index contributed by atoms with van der Waals surface area (Å²) in [4.78, 5) is 81.3. The molecule has 18 nitrogen and oxygen atoms in total. The molecule has 5 amide bonds. The number of hydrogen-bond donors (Lipinski definition) is 8. The first-order valence-corrected chi connectivity index (χ1v) is 22.3. The summed E-state index contributed by atoms with van der Waals surface area (Å²) in [6.45, 7) is 11.4. The molecule has 5 rings (SSSR count). The summed E-state index contributed by atoms with van der Waals surface area (Å²) in [5.74, 6) is -2.85. The molecule has 0 saturated heterocycles. The molecule has 356 valence electrons. The maximum Gasteiger partial charge on any atom is 0.255 e. The molecule has 4 aromatic rings. The number of benzene rings is 3. The van der Waals surface area contributed by atoms with E-state index in [-0.39, 0.29) is 79.9 Å². The highest BCUT2D eigenvalue weighted by Gasteiger charge is 2.37. The van der Waals surface area contributed by atoms with Crippen molar-refractivity contribution in [2.24, 2.45) is 17.2 Å². The maximum absolute atomic E-state index is 14.8. The zero-order chi connectivity index (χ0) is 49.2. The van der Waals surface area contributed by atoms with Crippen molar-refractivity contribution in [3.05, 3.63) is 93.8 Å². The predicted octanol–water partition coefficient (Wildman–Crippen LogP) is 2.49. The van der Waals surface area contributed by atoms with Crippen LogP contribution in [-0.4, -0.2) is 107 Å². The number of carbonyl (C=O) groups excluding carboxylic acids is 5. The number of aromatic nitrogens is 2. The topological polar surface area (TPSA) is 294 Å². The number of nitriles is 1. The molecule has 4 bridgehead atoms. The van der Waals surface area contributed by atoms with Crippen molar-refractivity contribution in [1.82, 2.24) is 36.1 Å². The number of nitrogens with one attached hydrogen (secondary N) is 4. The van der Waals surface area contributed by atoms with Crippen molar-refractivity contribution in [1.29, 1.82) is 5.26 Å².